The van der Waals surface area contributed by atoms with Crippen LogP contribution in [0.25, 0.3) is 0 Å². The van der Waals surface area contributed by atoms with Crippen LogP contribution in [0.2, 0.25) is 0 Å². The molecule has 0 aliphatic heterocycles. The average Bonchev–Trinajstić information content (AvgIpc) is 2.45. The highest BCUT2D eigenvalue weighted by Gasteiger charge is 2.32. The van der Waals surface area contributed by atoms with Gasteiger partial charge in [-0.05, 0) is 30.7 Å². The van der Waals surface area contributed by atoms with E-state index in [-0.39, 0.29) is 18.2 Å². The molecule has 2 rings (SSSR count). The minimum absolute atomic E-state index is 0.0515. The molecule has 1 heterocycles. The van der Waals surface area contributed by atoms with Crippen LogP contribution in [-0.2, 0) is 12.7 Å². The summed E-state index contributed by atoms with van der Waals surface area (Å²) in [6, 6.07) is 7.89. The van der Waals surface area contributed by atoms with Crippen molar-refractivity contribution in [3.05, 3.63) is 65.2 Å². The van der Waals surface area contributed by atoms with E-state index in [2.05, 4.69) is 10.3 Å². The first-order valence-corrected chi connectivity index (χ1v) is 6.38. The number of rotatable bonds is 4. The van der Waals surface area contributed by atoms with Gasteiger partial charge in [0.1, 0.15) is 5.82 Å². The molecule has 0 amide bonds. The molecule has 1 atom stereocenters. The van der Waals surface area contributed by atoms with E-state index in [1.807, 2.05) is 0 Å². The van der Waals surface area contributed by atoms with Gasteiger partial charge >= 0.3 is 6.18 Å². The van der Waals surface area contributed by atoms with E-state index >= 15 is 0 Å². The number of halogens is 4. The molecule has 0 saturated carbocycles. The predicted molar refractivity (Wildman–Crippen MR) is 70.9 cm³/mol. The second-order valence-electron chi connectivity index (χ2n) is 4.66. The van der Waals surface area contributed by atoms with Crippen LogP contribution in [0, 0.1) is 5.82 Å². The Morgan fingerprint density at radius 2 is 1.86 bits per heavy atom. The first-order chi connectivity index (χ1) is 9.88. The zero-order chi connectivity index (χ0) is 15.5. The average molecular weight is 298 g/mol. The van der Waals surface area contributed by atoms with Crippen molar-refractivity contribution in [3.8, 4) is 0 Å². The van der Waals surface area contributed by atoms with Crippen LogP contribution in [-0.4, -0.2) is 4.98 Å². The SMILES string of the molecule is CC(NCc1ccccc1C(F)(F)F)c1ccc(F)cn1. The van der Waals surface area contributed by atoms with Gasteiger partial charge in [0, 0.05) is 12.6 Å². The van der Waals surface area contributed by atoms with Gasteiger partial charge in [-0.25, -0.2) is 4.39 Å². The van der Waals surface area contributed by atoms with Crippen LogP contribution in [0.1, 0.15) is 29.8 Å². The summed E-state index contributed by atoms with van der Waals surface area (Å²) in [6.45, 7) is 1.81. The first kappa shape index (κ1) is 15.4. The number of hydrogen-bond acceptors (Lipinski definition) is 2. The van der Waals surface area contributed by atoms with Crippen LogP contribution in [0.5, 0.6) is 0 Å². The molecule has 0 radical (unpaired) electrons. The molecule has 1 N–H and O–H groups in total. The molecule has 1 aromatic carbocycles. The lowest BCUT2D eigenvalue weighted by atomic mass is 10.1. The number of hydrogen-bond donors (Lipinski definition) is 1. The Bertz CT molecular complexity index is 593. The molecule has 6 heteroatoms. The summed E-state index contributed by atoms with van der Waals surface area (Å²) in [4.78, 5) is 3.90. The molecule has 112 valence electrons. The fourth-order valence-corrected chi connectivity index (χ4v) is 1.96. The highest BCUT2D eigenvalue weighted by molar-refractivity contribution is 5.29. The summed E-state index contributed by atoms with van der Waals surface area (Å²) in [5.41, 5.74) is 0.0802. The monoisotopic (exact) mass is 298 g/mol. The Kier molecular flexibility index (Phi) is 4.57. The Morgan fingerprint density at radius 3 is 2.48 bits per heavy atom. The van der Waals surface area contributed by atoms with Crippen molar-refractivity contribution >= 4 is 0 Å². The Balaban J connectivity index is 2.08. The van der Waals surface area contributed by atoms with Crippen LogP contribution in [0.4, 0.5) is 17.6 Å². The van der Waals surface area contributed by atoms with Crippen molar-refractivity contribution < 1.29 is 17.6 Å². The molecule has 2 aromatic rings. The van der Waals surface area contributed by atoms with Gasteiger partial charge in [-0.15, -0.1) is 0 Å². The molecule has 0 aliphatic rings. The van der Waals surface area contributed by atoms with Gasteiger partial charge in [0.05, 0.1) is 17.5 Å². The maximum atomic E-state index is 12.9. The van der Waals surface area contributed by atoms with Crippen molar-refractivity contribution in [2.75, 3.05) is 0 Å². The van der Waals surface area contributed by atoms with Gasteiger partial charge in [0.15, 0.2) is 0 Å². The number of nitrogens with one attached hydrogen (secondary N) is 1. The summed E-state index contributed by atoms with van der Waals surface area (Å²) in [6.07, 6.45) is -3.30. The van der Waals surface area contributed by atoms with E-state index in [1.54, 1.807) is 13.0 Å². The van der Waals surface area contributed by atoms with E-state index in [4.69, 9.17) is 0 Å². The second kappa shape index (κ2) is 6.22. The normalized spacial score (nSPS) is 13.2. The van der Waals surface area contributed by atoms with Crippen molar-refractivity contribution in [2.24, 2.45) is 0 Å². The van der Waals surface area contributed by atoms with Gasteiger partial charge in [-0.2, -0.15) is 13.2 Å². The smallest absolute Gasteiger partial charge is 0.305 e. The molecule has 0 fully saturated rings. The van der Waals surface area contributed by atoms with E-state index < -0.39 is 17.6 Å². The maximum absolute atomic E-state index is 12.9. The minimum Gasteiger partial charge on any atom is -0.305 e. The van der Waals surface area contributed by atoms with Crippen molar-refractivity contribution in [1.82, 2.24) is 10.3 Å². The van der Waals surface area contributed by atoms with Gasteiger partial charge in [-0.3, -0.25) is 4.98 Å². The summed E-state index contributed by atoms with van der Waals surface area (Å²) in [5.74, 6) is -0.451. The molecule has 1 aromatic heterocycles. The zero-order valence-corrected chi connectivity index (χ0v) is 11.3. The van der Waals surface area contributed by atoms with Crippen molar-refractivity contribution in [1.29, 1.82) is 0 Å². The minimum atomic E-state index is -4.38. The van der Waals surface area contributed by atoms with Crippen LogP contribution >= 0.6 is 0 Å². The summed E-state index contributed by atoms with van der Waals surface area (Å²) in [7, 11) is 0. The quantitative estimate of drug-likeness (QED) is 0.860. The standard InChI is InChI=1S/C15H14F4N2/c1-10(14-7-6-12(16)9-21-14)20-8-11-4-2-3-5-13(11)15(17,18)19/h2-7,9-10,20H,8H2,1H3. The summed E-state index contributed by atoms with van der Waals surface area (Å²) in [5, 5.41) is 2.96. The lowest BCUT2D eigenvalue weighted by molar-refractivity contribution is -0.138. The third-order valence-electron chi connectivity index (χ3n) is 3.12. The van der Waals surface area contributed by atoms with Crippen molar-refractivity contribution in [3.63, 3.8) is 0 Å². The van der Waals surface area contributed by atoms with Gasteiger partial charge < -0.3 is 5.32 Å². The fourth-order valence-electron chi connectivity index (χ4n) is 1.96. The molecule has 2 nitrogen and oxygen atoms in total. The second-order valence-corrected chi connectivity index (χ2v) is 4.66. The predicted octanol–water partition coefficient (Wildman–Crippen LogP) is 4.09. The third-order valence-corrected chi connectivity index (χ3v) is 3.12. The number of benzene rings is 1. The first-order valence-electron chi connectivity index (χ1n) is 6.38. The molecule has 0 saturated heterocycles. The van der Waals surface area contributed by atoms with Crippen molar-refractivity contribution in [2.45, 2.75) is 25.7 Å². The number of alkyl halides is 3. The van der Waals surface area contributed by atoms with E-state index in [0.717, 1.165) is 12.3 Å². The Morgan fingerprint density at radius 1 is 1.14 bits per heavy atom. The Hall–Kier alpha value is -1.95. The van der Waals surface area contributed by atoms with Gasteiger partial charge in [0.25, 0.3) is 0 Å². The number of nitrogens with zero attached hydrogens (tertiary/aromatic N) is 1. The van der Waals surface area contributed by atoms with E-state index in [1.165, 1.54) is 24.3 Å². The van der Waals surface area contributed by atoms with Gasteiger partial charge in [-0.1, -0.05) is 18.2 Å². The zero-order valence-electron chi connectivity index (χ0n) is 11.3. The number of pyridine rings is 1. The van der Waals surface area contributed by atoms with Crippen LogP contribution < -0.4 is 5.32 Å². The van der Waals surface area contributed by atoms with Gasteiger partial charge in [0.2, 0.25) is 0 Å². The lowest BCUT2D eigenvalue weighted by Gasteiger charge is -2.16. The molecule has 0 spiro atoms. The molecular formula is C15H14F4N2. The van der Waals surface area contributed by atoms with E-state index in [0.29, 0.717) is 5.69 Å². The lowest BCUT2D eigenvalue weighted by Crippen LogP contribution is -2.21. The largest absolute Gasteiger partial charge is 0.416 e. The number of aromatic nitrogens is 1. The Labute approximate surface area is 119 Å². The molecule has 1 unspecified atom stereocenters. The van der Waals surface area contributed by atoms with Crippen LogP contribution in [0.3, 0.4) is 0 Å². The van der Waals surface area contributed by atoms with E-state index in [9.17, 15) is 17.6 Å². The van der Waals surface area contributed by atoms with Crippen LogP contribution in [0.15, 0.2) is 42.6 Å². The fraction of sp³-hybridized carbons (Fsp3) is 0.267. The molecule has 0 bridgehead atoms. The summed E-state index contributed by atoms with van der Waals surface area (Å²) >= 11 is 0. The molecular weight excluding hydrogens is 284 g/mol. The third kappa shape index (κ3) is 4.01. The topological polar surface area (TPSA) is 24.9 Å². The highest BCUT2D eigenvalue weighted by atomic mass is 19.4. The molecule has 0 aliphatic carbocycles. The summed E-state index contributed by atoms with van der Waals surface area (Å²) < 4.78 is 51.4. The highest BCUT2D eigenvalue weighted by Crippen LogP contribution is 2.31. The maximum Gasteiger partial charge on any atom is 0.416 e. The molecule has 21 heavy (non-hydrogen) atoms.